The molecular weight excluding hydrogens is 294 g/mol. The quantitative estimate of drug-likeness (QED) is 0.676. The average molecular weight is 307 g/mol. The summed E-state index contributed by atoms with van der Waals surface area (Å²) in [6, 6.07) is 5.72. The van der Waals surface area contributed by atoms with Crippen LogP contribution in [0.15, 0.2) is 34.4 Å². The van der Waals surface area contributed by atoms with Crippen molar-refractivity contribution >= 4 is 28.6 Å². The zero-order valence-electron chi connectivity index (χ0n) is 11.2. The second kappa shape index (κ2) is 6.31. The van der Waals surface area contributed by atoms with Crippen LogP contribution in [0.1, 0.15) is 12.1 Å². The molecule has 0 fully saturated rings. The van der Waals surface area contributed by atoms with Gasteiger partial charge in [0.05, 0.1) is 4.92 Å². The van der Waals surface area contributed by atoms with Crippen molar-refractivity contribution in [1.82, 2.24) is 4.57 Å². The van der Waals surface area contributed by atoms with E-state index in [2.05, 4.69) is 5.32 Å². The van der Waals surface area contributed by atoms with E-state index in [1.165, 1.54) is 22.8 Å². The van der Waals surface area contributed by atoms with Gasteiger partial charge in [0.1, 0.15) is 0 Å². The zero-order chi connectivity index (χ0) is 15.4. The summed E-state index contributed by atoms with van der Waals surface area (Å²) < 4.78 is 1.53. The van der Waals surface area contributed by atoms with Crippen LogP contribution < -0.4 is 10.2 Å². The number of non-ortho nitro benzene ring substituents is 1. The molecule has 0 radical (unpaired) electrons. The predicted molar refractivity (Wildman–Crippen MR) is 79.7 cm³/mol. The molecule has 8 heteroatoms. The highest BCUT2D eigenvalue weighted by molar-refractivity contribution is 7.07. The number of rotatable bonds is 5. The number of amides is 1. The van der Waals surface area contributed by atoms with Crippen LogP contribution in [0.25, 0.3) is 0 Å². The van der Waals surface area contributed by atoms with Gasteiger partial charge in [-0.2, -0.15) is 0 Å². The summed E-state index contributed by atoms with van der Waals surface area (Å²) in [5.74, 6) is -0.298. The molecule has 1 amide bonds. The van der Waals surface area contributed by atoms with Crippen molar-refractivity contribution in [2.24, 2.45) is 0 Å². The van der Waals surface area contributed by atoms with Gasteiger partial charge >= 0.3 is 4.87 Å². The van der Waals surface area contributed by atoms with E-state index >= 15 is 0 Å². The van der Waals surface area contributed by atoms with Crippen LogP contribution >= 0.6 is 11.3 Å². The molecule has 2 rings (SSSR count). The highest BCUT2D eigenvalue weighted by atomic mass is 32.1. The van der Waals surface area contributed by atoms with E-state index in [9.17, 15) is 19.7 Å². The molecule has 0 atom stereocenters. The Labute approximate surface area is 124 Å². The lowest BCUT2D eigenvalue weighted by atomic mass is 10.2. The topological polar surface area (TPSA) is 94.2 Å². The number of hydrogen-bond donors (Lipinski definition) is 1. The fourth-order valence-corrected chi connectivity index (χ4v) is 2.57. The Bertz CT molecular complexity index is 735. The summed E-state index contributed by atoms with van der Waals surface area (Å²) >= 11 is 1.09. The van der Waals surface area contributed by atoms with Gasteiger partial charge in [-0.1, -0.05) is 17.4 Å². The SMILES string of the molecule is Cc1csc(=O)n1CCC(=O)Nc1cccc([N+](=O)[O-])c1. The monoisotopic (exact) mass is 307 g/mol. The van der Waals surface area contributed by atoms with E-state index in [-0.39, 0.29) is 29.4 Å². The second-order valence-electron chi connectivity index (χ2n) is 4.40. The standard InChI is InChI=1S/C13H13N3O4S/c1-9-8-21-13(18)15(9)6-5-12(17)14-10-3-2-4-11(7-10)16(19)20/h2-4,7-8H,5-6H2,1H3,(H,14,17). The molecule has 1 aromatic carbocycles. The summed E-state index contributed by atoms with van der Waals surface area (Å²) in [4.78, 5) is 33.3. The molecule has 1 heterocycles. The molecule has 2 aromatic rings. The lowest BCUT2D eigenvalue weighted by Gasteiger charge is -2.06. The van der Waals surface area contributed by atoms with Crippen LogP contribution in [-0.2, 0) is 11.3 Å². The van der Waals surface area contributed by atoms with Gasteiger partial charge in [0.25, 0.3) is 5.69 Å². The first kappa shape index (κ1) is 14.9. The van der Waals surface area contributed by atoms with Gasteiger partial charge in [-0.25, -0.2) is 0 Å². The van der Waals surface area contributed by atoms with E-state index in [0.717, 1.165) is 17.0 Å². The van der Waals surface area contributed by atoms with Gasteiger partial charge in [-0.05, 0) is 13.0 Å². The van der Waals surface area contributed by atoms with Crippen LogP contribution in [0.5, 0.6) is 0 Å². The van der Waals surface area contributed by atoms with E-state index in [1.54, 1.807) is 18.4 Å². The molecule has 0 saturated heterocycles. The number of aromatic nitrogens is 1. The lowest BCUT2D eigenvalue weighted by molar-refractivity contribution is -0.384. The largest absolute Gasteiger partial charge is 0.326 e. The maximum absolute atomic E-state index is 11.8. The number of carbonyl (C=O) groups is 1. The fraction of sp³-hybridized carbons (Fsp3) is 0.231. The lowest BCUT2D eigenvalue weighted by Crippen LogP contribution is -2.20. The van der Waals surface area contributed by atoms with Crippen LogP contribution in [0.2, 0.25) is 0 Å². The molecule has 0 aliphatic carbocycles. The number of nitro groups is 1. The molecular formula is C13H13N3O4S. The molecule has 0 bridgehead atoms. The number of anilines is 1. The summed E-state index contributed by atoms with van der Waals surface area (Å²) in [5.41, 5.74) is 1.09. The Morgan fingerprint density at radius 3 is 2.86 bits per heavy atom. The fourth-order valence-electron chi connectivity index (χ4n) is 1.81. The smallest absolute Gasteiger partial charge is 0.307 e. The van der Waals surface area contributed by atoms with Crippen LogP contribution in [0.4, 0.5) is 11.4 Å². The maximum Gasteiger partial charge on any atom is 0.307 e. The molecule has 7 nitrogen and oxygen atoms in total. The number of nitrogens with zero attached hydrogens (tertiary/aromatic N) is 2. The Balaban J connectivity index is 1.98. The molecule has 0 aliphatic heterocycles. The highest BCUT2D eigenvalue weighted by Gasteiger charge is 2.09. The first-order valence-corrected chi connectivity index (χ1v) is 7.04. The van der Waals surface area contributed by atoms with Crippen LogP contribution in [0, 0.1) is 17.0 Å². The van der Waals surface area contributed by atoms with Crippen molar-refractivity contribution in [1.29, 1.82) is 0 Å². The van der Waals surface area contributed by atoms with Crippen molar-refractivity contribution in [3.8, 4) is 0 Å². The Morgan fingerprint density at radius 2 is 2.24 bits per heavy atom. The van der Waals surface area contributed by atoms with Crippen molar-refractivity contribution in [2.45, 2.75) is 19.9 Å². The van der Waals surface area contributed by atoms with E-state index in [0.29, 0.717) is 5.69 Å². The number of nitrogens with one attached hydrogen (secondary N) is 1. The highest BCUT2D eigenvalue weighted by Crippen LogP contribution is 2.17. The van der Waals surface area contributed by atoms with Crippen molar-refractivity contribution in [3.63, 3.8) is 0 Å². The summed E-state index contributed by atoms with van der Waals surface area (Å²) in [7, 11) is 0. The molecule has 1 aromatic heterocycles. The Hall–Kier alpha value is -2.48. The Kier molecular flexibility index (Phi) is 4.49. The van der Waals surface area contributed by atoms with Crippen molar-refractivity contribution in [3.05, 3.63) is 55.1 Å². The Morgan fingerprint density at radius 1 is 1.48 bits per heavy atom. The molecule has 110 valence electrons. The van der Waals surface area contributed by atoms with E-state index < -0.39 is 4.92 Å². The predicted octanol–water partition coefficient (Wildman–Crippen LogP) is 2.16. The minimum atomic E-state index is -0.524. The van der Waals surface area contributed by atoms with E-state index in [1.807, 2.05) is 0 Å². The number of aryl methyl sites for hydroxylation is 1. The zero-order valence-corrected chi connectivity index (χ0v) is 12.1. The minimum Gasteiger partial charge on any atom is -0.326 e. The normalized spacial score (nSPS) is 10.3. The molecule has 0 spiro atoms. The van der Waals surface area contributed by atoms with Gasteiger partial charge < -0.3 is 9.88 Å². The van der Waals surface area contributed by atoms with Gasteiger partial charge in [-0.15, -0.1) is 0 Å². The molecule has 1 N–H and O–H groups in total. The summed E-state index contributed by atoms with van der Waals surface area (Å²) in [5, 5.41) is 15.0. The summed E-state index contributed by atoms with van der Waals surface area (Å²) in [6.45, 7) is 2.09. The van der Waals surface area contributed by atoms with Gasteiger partial charge in [-0.3, -0.25) is 19.7 Å². The molecule has 21 heavy (non-hydrogen) atoms. The maximum atomic E-state index is 11.8. The summed E-state index contributed by atoms with van der Waals surface area (Å²) in [6.07, 6.45) is 0.125. The van der Waals surface area contributed by atoms with Crippen molar-refractivity contribution in [2.75, 3.05) is 5.32 Å². The third-order valence-electron chi connectivity index (χ3n) is 2.88. The minimum absolute atomic E-state index is 0.0855. The third kappa shape index (κ3) is 3.76. The number of thiazole rings is 1. The second-order valence-corrected chi connectivity index (χ2v) is 5.22. The van der Waals surface area contributed by atoms with Crippen LogP contribution in [-0.4, -0.2) is 15.4 Å². The molecule has 0 aliphatic rings. The van der Waals surface area contributed by atoms with Gasteiger partial charge in [0.15, 0.2) is 0 Å². The van der Waals surface area contributed by atoms with E-state index in [4.69, 9.17) is 0 Å². The third-order valence-corrected chi connectivity index (χ3v) is 3.76. The van der Waals surface area contributed by atoms with Crippen LogP contribution in [0.3, 0.4) is 0 Å². The average Bonchev–Trinajstić information content (AvgIpc) is 2.76. The van der Waals surface area contributed by atoms with Crippen molar-refractivity contribution < 1.29 is 9.72 Å². The number of nitro benzene ring substituents is 1. The molecule has 0 unspecified atom stereocenters. The van der Waals surface area contributed by atoms with Gasteiger partial charge in [0.2, 0.25) is 5.91 Å². The number of benzene rings is 1. The van der Waals surface area contributed by atoms with Gasteiger partial charge in [0, 0.05) is 41.9 Å². The number of carbonyl (C=O) groups excluding carboxylic acids is 1. The number of hydrogen-bond acceptors (Lipinski definition) is 5. The first-order chi connectivity index (χ1) is 9.97. The molecule has 0 saturated carbocycles. The first-order valence-electron chi connectivity index (χ1n) is 6.16.